The first-order valence-electron chi connectivity index (χ1n) is 8.82. The van der Waals surface area contributed by atoms with Crippen molar-refractivity contribution in [3.63, 3.8) is 0 Å². The van der Waals surface area contributed by atoms with E-state index in [-0.39, 0.29) is 32.9 Å². The van der Waals surface area contributed by atoms with Gasteiger partial charge in [0.2, 0.25) is 6.79 Å². The molecule has 2 aromatic rings. The number of ether oxygens (including phenoxy) is 3. The second-order valence-electron chi connectivity index (χ2n) is 6.74. The predicted octanol–water partition coefficient (Wildman–Crippen LogP) is 2.01. The lowest BCUT2D eigenvalue weighted by Gasteiger charge is -2.41. The number of fused-ring (bicyclic) bond motifs is 1. The van der Waals surface area contributed by atoms with Crippen LogP contribution in [0.3, 0.4) is 0 Å². The molecule has 1 fully saturated rings. The van der Waals surface area contributed by atoms with E-state index in [1.54, 1.807) is 18.2 Å². The molecule has 2 N–H and O–H groups in total. The van der Waals surface area contributed by atoms with Gasteiger partial charge in [0.15, 0.2) is 11.5 Å². The van der Waals surface area contributed by atoms with Crippen molar-refractivity contribution in [1.82, 2.24) is 4.90 Å². The van der Waals surface area contributed by atoms with Crippen LogP contribution < -0.4 is 9.47 Å². The summed E-state index contributed by atoms with van der Waals surface area (Å²) in [6, 6.07) is 14.5. The fraction of sp³-hybridized carbons (Fsp3) is 0.350. The summed E-state index contributed by atoms with van der Waals surface area (Å²) in [6.45, 7) is 0.563. The molecule has 142 valence electrons. The number of amides is 1. The Bertz CT molecular complexity index is 826. The Labute approximate surface area is 156 Å². The van der Waals surface area contributed by atoms with E-state index in [1.807, 2.05) is 30.3 Å². The number of rotatable bonds is 3. The Morgan fingerprint density at radius 2 is 1.96 bits per heavy atom. The molecular formula is C20H21NO6. The molecule has 0 aliphatic carbocycles. The van der Waals surface area contributed by atoms with Crippen LogP contribution in [0.4, 0.5) is 4.79 Å². The zero-order chi connectivity index (χ0) is 18.9. The molecule has 0 spiro atoms. The quantitative estimate of drug-likeness (QED) is 0.858. The van der Waals surface area contributed by atoms with E-state index in [0.717, 1.165) is 5.56 Å². The molecule has 2 aliphatic rings. The van der Waals surface area contributed by atoms with E-state index in [4.69, 9.17) is 14.2 Å². The van der Waals surface area contributed by atoms with Crippen molar-refractivity contribution < 1.29 is 29.2 Å². The topological polar surface area (TPSA) is 88.5 Å². The van der Waals surface area contributed by atoms with Crippen LogP contribution in [-0.2, 0) is 16.9 Å². The third-order valence-electron chi connectivity index (χ3n) is 5.04. The van der Waals surface area contributed by atoms with E-state index in [9.17, 15) is 15.0 Å². The maximum absolute atomic E-state index is 12.3. The van der Waals surface area contributed by atoms with Gasteiger partial charge in [0.05, 0.1) is 6.54 Å². The highest BCUT2D eigenvalue weighted by Gasteiger charge is 2.44. The zero-order valence-corrected chi connectivity index (χ0v) is 14.7. The van der Waals surface area contributed by atoms with E-state index < -0.39 is 17.8 Å². The van der Waals surface area contributed by atoms with E-state index in [2.05, 4.69) is 0 Å². The highest BCUT2D eigenvalue weighted by Crippen LogP contribution is 2.39. The number of aliphatic hydroxyl groups is 2. The standard InChI is InChI=1S/C20H21NO6/c22-18-11-21(19(23)25-12-14-4-2-1-3-5-14)9-8-20(18,24)15-6-7-16-17(10-15)27-13-26-16/h1-7,10,18,22,24H,8-9,11-13H2. The summed E-state index contributed by atoms with van der Waals surface area (Å²) in [4.78, 5) is 13.7. The van der Waals surface area contributed by atoms with Gasteiger partial charge in [-0.15, -0.1) is 0 Å². The van der Waals surface area contributed by atoms with Crippen molar-refractivity contribution in [1.29, 1.82) is 0 Å². The molecule has 2 unspecified atom stereocenters. The number of hydrogen-bond donors (Lipinski definition) is 2. The zero-order valence-electron chi connectivity index (χ0n) is 14.7. The van der Waals surface area contributed by atoms with Crippen LogP contribution in [0, 0.1) is 0 Å². The number of carbonyl (C=O) groups is 1. The van der Waals surface area contributed by atoms with Crippen molar-refractivity contribution in [2.45, 2.75) is 24.7 Å². The Hall–Kier alpha value is -2.77. The first-order valence-corrected chi connectivity index (χ1v) is 8.82. The molecule has 7 heteroatoms. The first kappa shape index (κ1) is 17.6. The molecule has 0 saturated carbocycles. The van der Waals surface area contributed by atoms with Crippen molar-refractivity contribution in [3.8, 4) is 11.5 Å². The van der Waals surface area contributed by atoms with E-state index in [0.29, 0.717) is 17.1 Å². The molecule has 0 aromatic heterocycles. The van der Waals surface area contributed by atoms with Gasteiger partial charge in [0.1, 0.15) is 18.3 Å². The van der Waals surface area contributed by atoms with Crippen LogP contribution in [0.5, 0.6) is 11.5 Å². The lowest BCUT2D eigenvalue weighted by Crippen LogP contribution is -2.55. The van der Waals surface area contributed by atoms with Crippen LogP contribution in [0.25, 0.3) is 0 Å². The first-order chi connectivity index (χ1) is 13.1. The van der Waals surface area contributed by atoms with Gasteiger partial charge in [0.25, 0.3) is 0 Å². The Morgan fingerprint density at radius 3 is 2.74 bits per heavy atom. The highest BCUT2D eigenvalue weighted by molar-refractivity contribution is 5.68. The maximum atomic E-state index is 12.3. The fourth-order valence-corrected chi connectivity index (χ4v) is 3.40. The van der Waals surface area contributed by atoms with Crippen LogP contribution in [0.15, 0.2) is 48.5 Å². The van der Waals surface area contributed by atoms with Crippen molar-refractivity contribution in [2.24, 2.45) is 0 Å². The van der Waals surface area contributed by atoms with Crippen LogP contribution in [0.1, 0.15) is 17.5 Å². The van der Waals surface area contributed by atoms with Crippen LogP contribution in [-0.4, -0.2) is 47.2 Å². The van der Waals surface area contributed by atoms with Crippen molar-refractivity contribution in [2.75, 3.05) is 19.9 Å². The predicted molar refractivity (Wildman–Crippen MR) is 95.3 cm³/mol. The normalized spacial score (nSPS) is 23.9. The molecule has 0 radical (unpaired) electrons. The number of hydrogen-bond acceptors (Lipinski definition) is 6. The molecular weight excluding hydrogens is 350 g/mol. The van der Waals surface area contributed by atoms with Gasteiger partial charge in [-0.25, -0.2) is 4.79 Å². The third kappa shape index (κ3) is 3.43. The molecule has 1 saturated heterocycles. The lowest BCUT2D eigenvalue weighted by atomic mass is 9.82. The smallest absolute Gasteiger partial charge is 0.410 e. The van der Waals surface area contributed by atoms with Gasteiger partial charge < -0.3 is 29.3 Å². The molecule has 2 heterocycles. The Kier molecular flexibility index (Phi) is 4.63. The minimum atomic E-state index is -1.46. The van der Waals surface area contributed by atoms with Gasteiger partial charge in [0, 0.05) is 13.0 Å². The third-order valence-corrected chi connectivity index (χ3v) is 5.04. The average Bonchev–Trinajstić information content (AvgIpc) is 3.17. The summed E-state index contributed by atoms with van der Waals surface area (Å²) in [5, 5.41) is 21.6. The summed E-state index contributed by atoms with van der Waals surface area (Å²) in [5.74, 6) is 1.15. The van der Waals surface area contributed by atoms with Gasteiger partial charge in [-0.3, -0.25) is 0 Å². The Balaban J connectivity index is 1.40. The summed E-state index contributed by atoms with van der Waals surface area (Å²) in [7, 11) is 0. The molecule has 1 amide bonds. The number of piperidine rings is 1. The number of β-amino-alcohol motifs (C(OH)–C–C–N with tert-alkyl or cyclic N) is 1. The second kappa shape index (κ2) is 7.09. The molecule has 2 atom stereocenters. The van der Waals surface area contributed by atoms with Gasteiger partial charge in [-0.05, 0) is 23.3 Å². The van der Waals surface area contributed by atoms with E-state index >= 15 is 0 Å². The number of aliphatic hydroxyl groups excluding tert-OH is 1. The summed E-state index contributed by atoms with van der Waals surface area (Å²) in [6.07, 6.45) is -1.46. The number of benzene rings is 2. The number of carbonyl (C=O) groups excluding carboxylic acids is 1. The molecule has 27 heavy (non-hydrogen) atoms. The monoisotopic (exact) mass is 371 g/mol. The minimum absolute atomic E-state index is 0.0153. The molecule has 4 rings (SSSR count). The maximum Gasteiger partial charge on any atom is 0.410 e. The number of likely N-dealkylation sites (tertiary alicyclic amines) is 1. The molecule has 2 aliphatic heterocycles. The SMILES string of the molecule is O=C(OCc1ccccc1)N1CCC(O)(c2ccc3c(c2)OCO3)C(O)C1. The average molecular weight is 371 g/mol. The van der Waals surface area contributed by atoms with Crippen molar-refractivity contribution in [3.05, 3.63) is 59.7 Å². The Morgan fingerprint density at radius 1 is 1.19 bits per heavy atom. The van der Waals surface area contributed by atoms with Crippen LogP contribution >= 0.6 is 0 Å². The molecule has 0 bridgehead atoms. The summed E-state index contributed by atoms with van der Waals surface area (Å²) in [5.41, 5.74) is -0.0335. The van der Waals surface area contributed by atoms with Crippen LogP contribution in [0.2, 0.25) is 0 Å². The largest absolute Gasteiger partial charge is 0.454 e. The minimum Gasteiger partial charge on any atom is -0.454 e. The molecule has 7 nitrogen and oxygen atoms in total. The fourth-order valence-electron chi connectivity index (χ4n) is 3.40. The molecule has 2 aromatic carbocycles. The van der Waals surface area contributed by atoms with Gasteiger partial charge in [-0.1, -0.05) is 36.4 Å². The summed E-state index contributed by atoms with van der Waals surface area (Å²) >= 11 is 0. The van der Waals surface area contributed by atoms with Gasteiger partial charge >= 0.3 is 6.09 Å². The number of nitrogens with zero attached hydrogens (tertiary/aromatic N) is 1. The summed E-state index contributed by atoms with van der Waals surface area (Å²) < 4.78 is 15.9. The lowest BCUT2D eigenvalue weighted by molar-refractivity contribution is -0.121. The van der Waals surface area contributed by atoms with E-state index in [1.165, 1.54) is 4.90 Å². The second-order valence-corrected chi connectivity index (χ2v) is 6.74. The highest BCUT2D eigenvalue weighted by atomic mass is 16.7. The van der Waals surface area contributed by atoms with Crippen molar-refractivity contribution >= 4 is 6.09 Å². The van der Waals surface area contributed by atoms with Gasteiger partial charge in [-0.2, -0.15) is 0 Å².